The molecule has 1 saturated carbocycles. The smallest absolute Gasteiger partial charge is 0.232 e. The summed E-state index contributed by atoms with van der Waals surface area (Å²) in [6.45, 7) is 5.66. The predicted molar refractivity (Wildman–Crippen MR) is 117 cm³/mol. The number of fused-ring (bicyclic) bond motifs is 3. The Hall–Kier alpha value is -2.74. The molecule has 0 aromatic carbocycles. The van der Waals surface area contributed by atoms with Crippen molar-refractivity contribution in [3.05, 3.63) is 23.5 Å². The van der Waals surface area contributed by atoms with E-state index in [1.54, 1.807) is 11.1 Å². The van der Waals surface area contributed by atoms with Crippen LogP contribution in [0.2, 0.25) is 0 Å². The topological polar surface area (TPSA) is 99.8 Å². The molecular weight excluding hydrogens is 392 g/mol. The maximum absolute atomic E-state index is 13.2. The molecule has 1 saturated heterocycles. The summed E-state index contributed by atoms with van der Waals surface area (Å²) in [5.41, 5.74) is 5.72. The SMILES string of the molecule is CN(C(=O)C1(C)CCOCC1)c1cnc2nc(-c3n[nH]c4c3C[C@@H]3C[C@]3(C)C4)[nH]c2c1. The summed E-state index contributed by atoms with van der Waals surface area (Å²) in [5.74, 6) is 1.61. The molecule has 4 heterocycles. The number of carbonyl (C=O) groups is 1. The summed E-state index contributed by atoms with van der Waals surface area (Å²) in [7, 11) is 1.82. The van der Waals surface area contributed by atoms with E-state index in [-0.39, 0.29) is 5.91 Å². The Kier molecular flexibility index (Phi) is 3.91. The van der Waals surface area contributed by atoms with Crippen molar-refractivity contribution < 1.29 is 9.53 Å². The maximum atomic E-state index is 13.2. The molecule has 0 unspecified atom stereocenters. The highest BCUT2D eigenvalue weighted by Crippen LogP contribution is 2.59. The van der Waals surface area contributed by atoms with Crippen LogP contribution in [0.25, 0.3) is 22.7 Å². The Morgan fingerprint density at radius 3 is 2.90 bits per heavy atom. The fourth-order valence-corrected chi connectivity index (χ4v) is 5.40. The van der Waals surface area contributed by atoms with Gasteiger partial charge in [0.15, 0.2) is 11.5 Å². The van der Waals surface area contributed by atoms with Gasteiger partial charge in [0.2, 0.25) is 5.91 Å². The van der Waals surface area contributed by atoms with Gasteiger partial charge in [-0.15, -0.1) is 0 Å². The molecule has 1 amide bonds. The Labute approximate surface area is 180 Å². The van der Waals surface area contributed by atoms with E-state index in [1.807, 2.05) is 20.0 Å². The molecule has 0 bridgehead atoms. The van der Waals surface area contributed by atoms with Crippen molar-refractivity contribution in [2.75, 3.05) is 25.2 Å². The minimum absolute atomic E-state index is 0.102. The Morgan fingerprint density at radius 2 is 2.10 bits per heavy atom. The van der Waals surface area contributed by atoms with Crippen molar-refractivity contribution in [3.8, 4) is 11.5 Å². The summed E-state index contributed by atoms with van der Waals surface area (Å²) in [4.78, 5) is 27.5. The largest absolute Gasteiger partial charge is 0.381 e. The number of hydrogen-bond donors (Lipinski definition) is 2. The first-order valence-corrected chi connectivity index (χ1v) is 11.1. The molecule has 0 radical (unpaired) electrons. The van der Waals surface area contributed by atoms with E-state index in [0.717, 1.165) is 54.3 Å². The van der Waals surface area contributed by atoms with Crippen LogP contribution in [0.1, 0.15) is 44.4 Å². The lowest BCUT2D eigenvalue weighted by molar-refractivity contribution is -0.132. The number of aromatic amines is 2. The molecule has 2 fully saturated rings. The van der Waals surface area contributed by atoms with Gasteiger partial charge < -0.3 is 14.6 Å². The molecule has 3 aromatic rings. The summed E-state index contributed by atoms with van der Waals surface area (Å²) < 4.78 is 5.45. The average Bonchev–Trinajstić information content (AvgIpc) is 3.08. The van der Waals surface area contributed by atoms with Gasteiger partial charge in [-0.25, -0.2) is 9.97 Å². The van der Waals surface area contributed by atoms with Crippen LogP contribution < -0.4 is 4.90 Å². The molecule has 31 heavy (non-hydrogen) atoms. The fraction of sp³-hybridized carbons (Fsp3) is 0.565. The van der Waals surface area contributed by atoms with E-state index in [4.69, 9.17) is 9.72 Å². The molecule has 3 aromatic heterocycles. The number of anilines is 1. The van der Waals surface area contributed by atoms with Gasteiger partial charge in [-0.1, -0.05) is 13.8 Å². The van der Waals surface area contributed by atoms with Gasteiger partial charge in [-0.05, 0) is 49.5 Å². The number of pyridine rings is 1. The highest BCUT2D eigenvalue weighted by atomic mass is 16.5. The highest BCUT2D eigenvalue weighted by Gasteiger charge is 2.53. The third-order valence-corrected chi connectivity index (χ3v) is 7.87. The number of ether oxygens (including phenoxy) is 1. The van der Waals surface area contributed by atoms with E-state index < -0.39 is 5.41 Å². The third kappa shape index (κ3) is 2.91. The van der Waals surface area contributed by atoms with E-state index in [1.165, 1.54) is 17.7 Å². The van der Waals surface area contributed by atoms with Crippen LogP contribution in [0.15, 0.2) is 12.3 Å². The number of H-pyrrole nitrogens is 2. The number of rotatable bonds is 3. The number of hydrogen-bond acceptors (Lipinski definition) is 5. The normalized spacial score (nSPS) is 26.4. The lowest BCUT2D eigenvalue weighted by Gasteiger charge is -2.35. The lowest BCUT2D eigenvalue weighted by atomic mass is 9.81. The van der Waals surface area contributed by atoms with Crippen LogP contribution in [0.5, 0.6) is 0 Å². The summed E-state index contributed by atoms with van der Waals surface area (Å²) >= 11 is 0. The van der Waals surface area contributed by atoms with Gasteiger partial charge in [-0.3, -0.25) is 9.89 Å². The zero-order chi connectivity index (χ0) is 21.4. The second kappa shape index (κ2) is 6.38. The molecule has 8 nitrogen and oxygen atoms in total. The van der Waals surface area contributed by atoms with Crippen molar-refractivity contribution in [1.82, 2.24) is 25.1 Å². The van der Waals surface area contributed by atoms with Crippen molar-refractivity contribution in [1.29, 1.82) is 0 Å². The number of nitrogens with one attached hydrogen (secondary N) is 2. The Bertz CT molecular complexity index is 1190. The van der Waals surface area contributed by atoms with Crippen molar-refractivity contribution in [2.24, 2.45) is 16.7 Å². The summed E-state index contributed by atoms with van der Waals surface area (Å²) in [6.07, 6.45) is 6.63. The Balaban J connectivity index is 1.30. The minimum atomic E-state index is -0.396. The quantitative estimate of drug-likeness (QED) is 0.678. The molecule has 8 heteroatoms. The first-order chi connectivity index (χ1) is 14.9. The van der Waals surface area contributed by atoms with Crippen LogP contribution in [0.4, 0.5) is 5.69 Å². The van der Waals surface area contributed by atoms with Crippen molar-refractivity contribution >= 4 is 22.8 Å². The van der Waals surface area contributed by atoms with Gasteiger partial charge in [0, 0.05) is 31.5 Å². The molecular formula is C23H28N6O2. The van der Waals surface area contributed by atoms with Crippen LogP contribution in [-0.4, -0.2) is 51.3 Å². The number of aromatic nitrogens is 5. The maximum Gasteiger partial charge on any atom is 0.232 e. The standard InChI is InChI=1S/C23H28N6O2/c1-22(4-6-31-7-5-22)21(30)29(3)14-9-16-19(24-12-14)26-20(25-16)18-15-8-13-10-23(13,2)11-17(15)27-28-18/h9,12-13H,4-8,10-11H2,1-3H3,(H,27,28)(H,24,25,26)/t13-,23-/m1/s1. The summed E-state index contributed by atoms with van der Waals surface area (Å²) in [5, 5.41) is 7.83. The van der Waals surface area contributed by atoms with Crippen molar-refractivity contribution in [3.63, 3.8) is 0 Å². The number of nitrogens with zero attached hydrogens (tertiary/aromatic N) is 4. The van der Waals surface area contributed by atoms with Gasteiger partial charge in [0.1, 0.15) is 5.69 Å². The molecule has 3 aliphatic rings. The van der Waals surface area contributed by atoms with Gasteiger partial charge in [0.25, 0.3) is 0 Å². The summed E-state index contributed by atoms with van der Waals surface area (Å²) in [6, 6.07) is 1.95. The zero-order valence-electron chi connectivity index (χ0n) is 18.3. The second-order valence-corrected chi connectivity index (χ2v) is 10.2. The van der Waals surface area contributed by atoms with Gasteiger partial charge in [0.05, 0.1) is 22.8 Å². The first kappa shape index (κ1) is 19.0. The predicted octanol–water partition coefficient (Wildman–Crippen LogP) is 3.25. The number of amides is 1. The van der Waals surface area contributed by atoms with E-state index in [0.29, 0.717) is 24.3 Å². The van der Waals surface area contributed by atoms with Gasteiger partial charge >= 0.3 is 0 Å². The molecule has 2 atom stereocenters. The first-order valence-electron chi connectivity index (χ1n) is 11.1. The van der Waals surface area contributed by atoms with Gasteiger partial charge in [-0.2, -0.15) is 5.10 Å². The van der Waals surface area contributed by atoms with E-state index in [9.17, 15) is 4.79 Å². The molecule has 2 aliphatic carbocycles. The Morgan fingerprint density at radius 1 is 1.29 bits per heavy atom. The molecule has 1 aliphatic heterocycles. The van der Waals surface area contributed by atoms with Crippen LogP contribution in [-0.2, 0) is 22.4 Å². The lowest BCUT2D eigenvalue weighted by Crippen LogP contribution is -2.43. The fourth-order valence-electron chi connectivity index (χ4n) is 5.40. The van der Waals surface area contributed by atoms with Crippen LogP contribution in [0.3, 0.4) is 0 Å². The minimum Gasteiger partial charge on any atom is -0.381 e. The highest BCUT2D eigenvalue weighted by molar-refractivity contribution is 5.98. The van der Waals surface area contributed by atoms with E-state index in [2.05, 4.69) is 27.1 Å². The monoisotopic (exact) mass is 420 g/mol. The third-order valence-electron chi connectivity index (χ3n) is 7.87. The van der Waals surface area contributed by atoms with E-state index >= 15 is 0 Å². The number of carbonyl (C=O) groups excluding carboxylic acids is 1. The molecule has 162 valence electrons. The van der Waals surface area contributed by atoms with Crippen LogP contribution in [0, 0.1) is 16.7 Å². The van der Waals surface area contributed by atoms with Crippen LogP contribution >= 0.6 is 0 Å². The second-order valence-electron chi connectivity index (χ2n) is 10.2. The molecule has 2 N–H and O–H groups in total. The van der Waals surface area contributed by atoms with Crippen molar-refractivity contribution in [2.45, 2.75) is 46.0 Å². The molecule has 6 rings (SSSR count). The number of imidazole rings is 1. The average molecular weight is 421 g/mol. The zero-order valence-corrected chi connectivity index (χ0v) is 18.3. The molecule has 0 spiro atoms.